The minimum atomic E-state index is -1.21. The molecule has 5 heteroatoms. The van der Waals surface area contributed by atoms with Crippen molar-refractivity contribution in [2.75, 3.05) is 21.3 Å². The predicted molar refractivity (Wildman–Crippen MR) is 73.3 cm³/mol. The topological polar surface area (TPSA) is 30.5 Å². The van der Waals surface area contributed by atoms with Crippen molar-refractivity contribution in [2.24, 2.45) is 0 Å². The summed E-state index contributed by atoms with van der Waals surface area (Å²) in [5.41, 5.74) is 0. The predicted octanol–water partition coefficient (Wildman–Crippen LogP) is 2.34. The van der Waals surface area contributed by atoms with E-state index < -0.39 is 17.5 Å². The van der Waals surface area contributed by atoms with Crippen LogP contribution in [0.1, 0.15) is 19.8 Å². The third-order valence-corrected chi connectivity index (χ3v) is 5.50. The van der Waals surface area contributed by atoms with E-state index >= 15 is 0 Å². The quantitative estimate of drug-likeness (QED) is 0.735. The van der Waals surface area contributed by atoms with Crippen LogP contribution in [0, 0.1) is 0 Å². The molecule has 0 bridgehead atoms. The van der Waals surface area contributed by atoms with Crippen molar-refractivity contribution >= 4 is 17.5 Å². The van der Waals surface area contributed by atoms with E-state index in [-0.39, 0.29) is 0 Å². The minimum Gasteiger partial charge on any atom is -0.400 e. The molecule has 0 aromatic carbocycles. The Kier molecular flexibility index (Phi) is 12.8. The summed E-state index contributed by atoms with van der Waals surface area (Å²) in [5, 5.41) is 0. The first-order valence-electron chi connectivity index (χ1n) is 5.65. The fourth-order valence-electron chi connectivity index (χ4n) is 0.703. The minimum absolute atomic E-state index is 0.881. The highest BCUT2D eigenvalue weighted by Gasteiger charge is 2.06. The highest BCUT2D eigenvalue weighted by Crippen LogP contribution is 2.01. The number of hydrogen-bond acceptors (Lipinski definition) is 3. The average molecular weight is 252 g/mol. The van der Waals surface area contributed by atoms with Gasteiger partial charge in [0.2, 0.25) is 0 Å². The Morgan fingerprint density at radius 2 is 1.53 bits per heavy atom. The molecule has 0 radical (unpaired) electrons. The van der Waals surface area contributed by atoms with Crippen molar-refractivity contribution in [2.45, 2.75) is 45.5 Å². The van der Waals surface area contributed by atoms with E-state index in [0.29, 0.717) is 0 Å². The zero-order valence-electron chi connectivity index (χ0n) is 11.5. The van der Waals surface area contributed by atoms with E-state index in [4.69, 9.17) is 8.85 Å². The van der Waals surface area contributed by atoms with E-state index in [9.17, 15) is 0 Å². The number of unbranched alkanes of at least 4 members (excludes halogenated alkanes) is 1. The van der Waals surface area contributed by atoms with Crippen LogP contribution in [0.15, 0.2) is 0 Å². The second-order valence-corrected chi connectivity index (χ2v) is 11.9. The van der Waals surface area contributed by atoms with Crippen molar-refractivity contribution in [3.05, 3.63) is 0 Å². The van der Waals surface area contributed by atoms with E-state index in [1.807, 2.05) is 7.05 Å². The third kappa shape index (κ3) is 17.0. The van der Waals surface area contributed by atoms with Gasteiger partial charge >= 0.3 is 9.28 Å². The molecule has 0 atom stereocenters. The van der Waals surface area contributed by atoms with Gasteiger partial charge in [0, 0.05) is 14.2 Å². The maximum Gasteiger partial charge on any atom is 0.320 e. The monoisotopic (exact) mass is 251 g/mol. The fraction of sp³-hybridized carbons (Fsp3) is 1.00. The van der Waals surface area contributed by atoms with E-state index in [1.165, 1.54) is 12.8 Å². The Morgan fingerprint density at radius 1 is 1.13 bits per heavy atom. The number of nitrogens with one attached hydrogen (secondary N) is 1. The smallest absolute Gasteiger partial charge is 0.320 e. The first kappa shape index (κ1) is 17.7. The Bertz CT molecular complexity index is 125. The van der Waals surface area contributed by atoms with Crippen LogP contribution >= 0.6 is 0 Å². The highest BCUT2D eigenvalue weighted by molar-refractivity contribution is 6.73. The Labute approximate surface area is 98.5 Å². The van der Waals surface area contributed by atoms with Gasteiger partial charge in [-0.3, -0.25) is 0 Å². The number of hydrogen-bond donors (Lipinski definition) is 1. The van der Waals surface area contributed by atoms with Gasteiger partial charge in [-0.1, -0.05) is 39.4 Å². The molecular weight excluding hydrogens is 222 g/mol. The molecule has 0 spiro atoms. The van der Waals surface area contributed by atoms with Gasteiger partial charge in [0.05, 0.1) is 0 Å². The molecule has 15 heavy (non-hydrogen) atoms. The zero-order chi connectivity index (χ0) is 12.3. The van der Waals surface area contributed by atoms with Crippen molar-refractivity contribution < 1.29 is 8.85 Å². The van der Waals surface area contributed by atoms with Crippen LogP contribution < -0.4 is 4.98 Å². The van der Waals surface area contributed by atoms with Gasteiger partial charge in [0.25, 0.3) is 0 Å². The summed E-state index contributed by atoms with van der Waals surface area (Å²) in [6.45, 7) is 8.99. The molecule has 0 saturated heterocycles. The SMILES string of the molecule is CCCC[SiH](OC)OC.CN[Si](C)(C)C. The molecular formula is C10H29NO2Si2. The van der Waals surface area contributed by atoms with Gasteiger partial charge in [-0.05, 0) is 13.1 Å². The van der Waals surface area contributed by atoms with Crippen molar-refractivity contribution in [1.29, 1.82) is 0 Å². The molecule has 0 aliphatic heterocycles. The summed E-state index contributed by atoms with van der Waals surface area (Å²) in [5.74, 6) is 0. The lowest BCUT2D eigenvalue weighted by Crippen LogP contribution is -2.37. The van der Waals surface area contributed by atoms with Crippen LogP contribution in [-0.2, 0) is 8.85 Å². The molecule has 0 aromatic rings. The van der Waals surface area contributed by atoms with Gasteiger partial charge < -0.3 is 13.8 Å². The van der Waals surface area contributed by atoms with Gasteiger partial charge in [-0.2, -0.15) is 0 Å². The van der Waals surface area contributed by atoms with Crippen LogP contribution in [0.5, 0.6) is 0 Å². The molecule has 0 aliphatic rings. The maximum absolute atomic E-state index is 5.12. The molecule has 0 fully saturated rings. The first-order valence-corrected chi connectivity index (χ1v) is 10.9. The molecule has 0 aliphatic carbocycles. The Morgan fingerprint density at radius 3 is 1.73 bits per heavy atom. The third-order valence-electron chi connectivity index (χ3n) is 2.07. The molecule has 0 unspecified atom stereocenters. The normalized spacial score (nSPS) is 11.2. The molecule has 0 saturated carbocycles. The molecule has 0 heterocycles. The maximum atomic E-state index is 5.12. The lowest BCUT2D eigenvalue weighted by Gasteiger charge is -2.11. The van der Waals surface area contributed by atoms with Crippen LogP contribution in [0.4, 0.5) is 0 Å². The molecule has 94 valence electrons. The van der Waals surface area contributed by atoms with Crippen molar-refractivity contribution in [1.82, 2.24) is 4.98 Å². The summed E-state index contributed by atoms with van der Waals surface area (Å²) in [6, 6.07) is 1.14. The van der Waals surface area contributed by atoms with Crippen LogP contribution in [0.2, 0.25) is 25.7 Å². The highest BCUT2D eigenvalue weighted by atomic mass is 28.3. The molecule has 0 rings (SSSR count). The van der Waals surface area contributed by atoms with Crippen molar-refractivity contribution in [3.8, 4) is 0 Å². The number of rotatable bonds is 6. The lowest BCUT2D eigenvalue weighted by atomic mass is 10.4. The molecule has 1 N–H and O–H groups in total. The summed E-state index contributed by atoms with van der Waals surface area (Å²) >= 11 is 0. The van der Waals surface area contributed by atoms with Gasteiger partial charge in [0.15, 0.2) is 0 Å². The standard InChI is InChI=1S/C6H16O2Si.C4H13NSi/c1-4-5-6-9(7-2)8-3;1-5-6(2,3)4/h9H,4-6H2,1-3H3;5H,1-4H3. The van der Waals surface area contributed by atoms with Crippen LogP contribution in [0.3, 0.4) is 0 Å². The van der Waals surface area contributed by atoms with E-state index in [0.717, 1.165) is 6.04 Å². The van der Waals surface area contributed by atoms with Gasteiger partial charge in [-0.15, -0.1) is 0 Å². The first-order chi connectivity index (χ1) is 6.91. The van der Waals surface area contributed by atoms with E-state index in [2.05, 4.69) is 31.5 Å². The largest absolute Gasteiger partial charge is 0.400 e. The van der Waals surface area contributed by atoms with Crippen LogP contribution in [-0.4, -0.2) is 38.8 Å². The lowest BCUT2D eigenvalue weighted by molar-refractivity contribution is 0.276. The second-order valence-electron chi connectivity index (χ2n) is 4.54. The average Bonchev–Trinajstić information content (AvgIpc) is 2.19. The summed E-state index contributed by atoms with van der Waals surface area (Å²) in [4.78, 5) is 3.24. The van der Waals surface area contributed by atoms with Gasteiger partial charge in [0.1, 0.15) is 8.24 Å². The zero-order valence-corrected chi connectivity index (χ0v) is 13.7. The van der Waals surface area contributed by atoms with Crippen LogP contribution in [0.25, 0.3) is 0 Å². The summed E-state index contributed by atoms with van der Waals surface area (Å²) in [6.07, 6.45) is 2.47. The molecule has 3 nitrogen and oxygen atoms in total. The fourth-order valence-corrected chi connectivity index (χ4v) is 2.11. The Hall–Kier alpha value is 0.314. The van der Waals surface area contributed by atoms with E-state index in [1.54, 1.807) is 14.2 Å². The van der Waals surface area contributed by atoms with Gasteiger partial charge in [-0.25, -0.2) is 0 Å². The summed E-state index contributed by atoms with van der Waals surface area (Å²) < 4.78 is 10.2. The Balaban J connectivity index is 0. The van der Waals surface area contributed by atoms with Crippen molar-refractivity contribution in [3.63, 3.8) is 0 Å². The second kappa shape index (κ2) is 10.8. The molecule has 0 aromatic heterocycles. The summed E-state index contributed by atoms with van der Waals surface area (Å²) in [7, 11) is 3.39. The molecule has 0 amide bonds.